The number of aryl methyl sites for hydroxylation is 1. The standard InChI is InChI=1S/C11H18N4O/c1-4-8-5-10(14-7-13-8)15-11(2,3)6-9(12)16/h5,7H,4,6H2,1-3H3,(H2,12,16)(H,13,14,15). The number of nitrogens with one attached hydrogen (secondary N) is 1. The number of anilines is 1. The van der Waals surface area contributed by atoms with Gasteiger partial charge in [-0.1, -0.05) is 6.92 Å². The maximum absolute atomic E-state index is 10.9. The molecule has 88 valence electrons. The van der Waals surface area contributed by atoms with Gasteiger partial charge >= 0.3 is 0 Å². The maximum atomic E-state index is 10.9. The highest BCUT2D eigenvalue weighted by molar-refractivity contribution is 5.75. The molecule has 3 N–H and O–H groups in total. The minimum absolute atomic E-state index is 0.262. The fourth-order valence-electron chi connectivity index (χ4n) is 1.49. The van der Waals surface area contributed by atoms with Gasteiger partial charge in [0.2, 0.25) is 5.91 Å². The zero-order valence-electron chi connectivity index (χ0n) is 9.95. The topological polar surface area (TPSA) is 80.9 Å². The van der Waals surface area contributed by atoms with Crippen LogP contribution in [0.4, 0.5) is 5.82 Å². The highest BCUT2D eigenvalue weighted by Crippen LogP contribution is 2.16. The molecule has 0 saturated heterocycles. The summed E-state index contributed by atoms with van der Waals surface area (Å²) < 4.78 is 0. The summed E-state index contributed by atoms with van der Waals surface area (Å²) >= 11 is 0. The first-order chi connectivity index (χ1) is 7.43. The Hall–Kier alpha value is -1.65. The number of nitrogens with two attached hydrogens (primary N) is 1. The quantitative estimate of drug-likeness (QED) is 0.781. The molecular weight excluding hydrogens is 204 g/mol. The second-order valence-electron chi connectivity index (χ2n) is 4.40. The van der Waals surface area contributed by atoms with E-state index in [1.165, 1.54) is 6.33 Å². The van der Waals surface area contributed by atoms with Crippen molar-refractivity contribution in [1.82, 2.24) is 9.97 Å². The summed E-state index contributed by atoms with van der Waals surface area (Å²) in [6.07, 6.45) is 2.63. The van der Waals surface area contributed by atoms with Gasteiger partial charge in [0.15, 0.2) is 0 Å². The van der Waals surface area contributed by atoms with E-state index in [1.54, 1.807) is 0 Å². The van der Waals surface area contributed by atoms with E-state index in [-0.39, 0.29) is 12.3 Å². The molecule has 1 aromatic rings. The molecule has 1 amide bonds. The van der Waals surface area contributed by atoms with Gasteiger partial charge in [0, 0.05) is 23.7 Å². The van der Waals surface area contributed by atoms with E-state index >= 15 is 0 Å². The number of rotatable bonds is 5. The molecule has 1 heterocycles. The number of carbonyl (C=O) groups is 1. The van der Waals surface area contributed by atoms with Gasteiger partial charge in [-0.2, -0.15) is 0 Å². The molecule has 0 saturated carbocycles. The van der Waals surface area contributed by atoms with Crippen LogP contribution in [-0.4, -0.2) is 21.4 Å². The van der Waals surface area contributed by atoms with Crippen LogP contribution in [0.15, 0.2) is 12.4 Å². The molecule has 0 aliphatic heterocycles. The highest BCUT2D eigenvalue weighted by atomic mass is 16.1. The summed E-state index contributed by atoms with van der Waals surface area (Å²) in [5.41, 5.74) is 5.74. The van der Waals surface area contributed by atoms with E-state index in [9.17, 15) is 4.79 Å². The van der Waals surface area contributed by atoms with Gasteiger partial charge in [-0.05, 0) is 20.3 Å². The van der Waals surface area contributed by atoms with Crippen molar-refractivity contribution in [3.8, 4) is 0 Å². The Kier molecular flexibility index (Phi) is 3.82. The molecule has 0 aliphatic rings. The van der Waals surface area contributed by atoms with Crippen LogP contribution in [0.5, 0.6) is 0 Å². The Bertz CT molecular complexity index is 376. The number of amides is 1. The fraction of sp³-hybridized carbons (Fsp3) is 0.545. The summed E-state index contributed by atoms with van der Waals surface area (Å²) in [5.74, 6) is 0.389. The zero-order valence-corrected chi connectivity index (χ0v) is 9.95. The number of carbonyl (C=O) groups excluding carboxylic acids is 1. The molecule has 5 nitrogen and oxygen atoms in total. The van der Waals surface area contributed by atoms with Gasteiger partial charge < -0.3 is 11.1 Å². The van der Waals surface area contributed by atoms with Gasteiger partial charge in [0.25, 0.3) is 0 Å². The van der Waals surface area contributed by atoms with E-state index in [1.807, 2.05) is 26.8 Å². The molecule has 0 fully saturated rings. The number of hydrogen-bond acceptors (Lipinski definition) is 4. The van der Waals surface area contributed by atoms with Gasteiger partial charge in [-0.3, -0.25) is 4.79 Å². The molecule has 1 aromatic heterocycles. The normalized spacial score (nSPS) is 11.2. The second kappa shape index (κ2) is 4.92. The molecule has 0 aromatic carbocycles. The van der Waals surface area contributed by atoms with Crippen molar-refractivity contribution in [2.75, 3.05) is 5.32 Å². The lowest BCUT2D eigenvalue weighted by molar-refractivity contribution is -0.118. The molecular formula is C11H18N4O. The van der Waals surface area contributed by atoms with Crippen LogP contribution in [0.1, 0.15) is 32.9 Å². The lowest BCUT2D eigenvalue weighted by Gasteiger charge is -2.25. The monoisotopic (exact) mass is 222 g/mol. The molecule has 1 rings (SSSR count). The summed E-state index contributed by atoms with van der Waals surface area (Å²) in [6.45, 7) is 5.84. The third-order valence-corrected chi connectivity index (χ3v) is 2.17. The van der Waals surface area contributed by atoms with Crippen LogP contribution in [0.3, 0.4) is 0 Å². The number of nitrogens with zero attached hydrogens (tertiary/aromatic N) is 2. The van der Waals surface area contributed by atoms with Crippen molar-refractivity contribution < 1.29 is 4.79 Å². The molecule has 5 heteroatoms. The lowest BCUT2D eigenvalue weighted by atomic mass is 10.0. The molecule has 0 atom stereocenters. The predicted octanol–water partition coefficient (Wildman–Crippen LogP) is 1.10. The largest absolute Gasteiger partial charge is 0.370 e. The fourth-order valence-corrected chi connectivity index (χ4v) is 1.49. The van der Waals surface area contributed by atoms with Crippen LogP contribution < -0.4 is 11.1 Å². The van der Waals surface area contributed by atoms with Gasteiger partial charge in [-0.25, -0.2) is 9.97 Å². The Labute approximate surface area is 95.5 Å². The Morgan fingerprint density at radius 2 is 2.19 bits per heavy atom. The number of hydrogen-bond donors (Lipinski definition) is 2. The predicted molar refractivity (Wildman–Crippen MR) is 62.9 cm³/mol. The molecule has 0 spiro atoms. The van der Waals surface area contributed by atoms with Crippen molar-refractivity contribution in [3.05, 3.63) is 18.1 Å². The number of aromatic nitrogens is 2. The van der Waals surface area contributed by atoms with E-state index in [0.29, 0.717) is 0 Å². The van der Waals surface area contributed by atoms with Crippen LogP contribution >= 0.6 is 0 Å². The minimum Gasteiger partial charge on any atom is -0.370 e. The summed E-state index contributed by atoms with van der Waals surface area (Å²) in [6, 6.07) is 1.88. The van der Waals surface area contributed by atoms with Crippen LogP contribution in [0.2, 0.25) is 0 Å². The summed E-state index contributed by atoms with van der Waals surface area (Å²) in [7, 11) is 0. The Morgan fingerprint density at radius 3 is 2.75 bits per heavy atom. The van der Waals surface area contributed by atoms with E-state index in [2.05, 4.69) is 15.3 Å². The van der Waals surface area contributed by atoms with Gasteiger partial charge in [-0.15, -0.1) is 0 Å². The van der Waals surface area contributed by atoms with E-state index < -0.39 is 5.54 Å². The smallest absolute Gasteiger partial charge is 0.219 e. The molecule has 16 heavy (non-hydrogen) atoms. The van der Waals surface area contributed by atoms with Crippen molar-refractivity contribution in [3.63, 3.8) is 0 Å². The minimum atomic E-state index is -0.398. The first kappa shape index (κ1) is 12.4. The van der Waals surface area contributed by atoms with Crippen molar-refractivity contribution in [2.45, 2.75) is 39.2 Å². The average molecular weight is 222 g/mol. The van der Waals surface area contributed by atoms with E-state index in [0.717, 1.165) is 17.9 Å². The Balaban J connectivity index is 2.75. The summed E-state index contributed by atoms with van der Waals surface area (Å²) in [5, 5.41) is 3.17. The molecule has 0 bridgehead atoms. The zero-order chi connectivity index (χ0) is 12.2. The van der Waals surface area contributed by atoms with Crippen molar-refractivity contribution in [2.24, 2.45) is 5.73 Å². The summed E-state index contributed by atoms with van der Waals surface area (Å²) in [4.78, 5) is 19.1. The van der Waals surface area contributed by atoms with Crippen LogP contribution in [0, 0.1) is 0 Å². The second-order valence-corrected chi connectivity index (χ2v) is 4.40. The maximum Gasteiger partial charge on any atom is 0.219 e. The number of primary amides is 1. The molecule has 0 unspecified atom stereocenters. The highest BCUT2D eigenvalue weighted by Gasteiger charge is 2.20. The average Bonchev–Trinajstić information content (AvgIpc) is 2.15. The Morgan fingerprint density at radius 1 is 1.50 bits per heavy atom. The molecule has 0 aliphatic carbocycles. The van der Waals surface area contributed by atoms with Crippen molar-refractivity contribution in [1.29, 1.82) is 0 Å². The SMILES string of the molecule is CCc1cc(NC(C)(C)CC(N)=O)ncn1. The molecule has 0 radical (unpaired) electrons. The third kappa shape index (κ3) is 3.84. The first-order valence-corrected chi connectivity index (χ1v) is 5.30. The van der Waals surface area contributed by atoms with Gasteiger partial charge in [0.1, 0.15) is 12.1 Å². The lowest BCUT2D eigenvalue weighted by Crippen LogP contribution is -2.36. The van der Waals surface area contributed by atoms with E-state index in [4.69, 9.17) is 5.73 Å². The third-order valence-electron chi connectivity index (χ3n) is 2.17. The van der Waals surface area contributed by atoms with Crippen LogP contribution in [-0.2, 0) is 11.2 Å². The van der Waals surface area contributed by atoms with Crippen molar-refractivity contribution >= 4 is 11.7 Å². The van der Waals surface area contributed by atoms with Gasteiger partial charge in [0.05, 0.1) is 0 Å². The first-order valence-electron chi connectivity index (χ1n) is 5.30. The van der Waals surface area contributed by atoms with Crippen LogP contribution in [0.25, 0.3) is 0 Å².